The van der Waals surface area contributed by atoms with Crippen LogP contribution in [-0.4, -0.2) is 12.1 Å². The Balaban J connectivity index is 2.22. The average molecular weight is 230 g/mol. The summed E-state index contributed by atoms with van der Waals surface area (Å²) in [6, 6.07) is 9.07. The first-order valence-electron chi connectivity index (χ1n) is 5.23. The first-order valence-corrected chi connectivity index (χ1v) is 5.23. The Labute approximate surface area is 100 Å². The predicted molar refractivity (Wildman–Crippen MR) is 66.5 cm³/mol. The van der Waals surface area contributed by atoms with E-state index in [9.17, 15) is 0 Å². The second-order valence-electron chi connectivity index (χ2n) is 3.66. The number of nitrogens with zero attached hydrogens (tertiary/aromatic N) is 1. The molecule has 0 amide bonds. The van der Waals surface area contributed by atoms with Gasteiger partial charge in [0, 0.05) is 17.8 Å². The lowest BCUT2D eigenvalue weighted by molar-refractivity contribution is 0.407. The van der Waals surface area contributed by atoms with Crippen molar-refractivity contribution in [1.29, 1.82) is 0 Å². The number of ether oxygens (including phenoxy) is 2. The molecule has 4 nitrogen and oxygen atoms in total. The zero-order valence-electron chi connectivity index (χ0n) is 9.81. The molecule has 2 rings (SSSR count). The second-order valence-corrected chi connectivity index (χ2v) is 3.66. The molecule has 0 aliphatic rings. The van der Waals surface area contributed by atoms with Crippen molar-refractivity contribution in [3.63, 3.8) is 0 Å². The molecule has 2 N–H and O–H groups in total. The smallest absolute Gasteiger partial charge is 0.219 e. The van der Waals surface area contributed by atoms with Crippen molar-refractivity contribution < 1.29 is 9.47 Å². The van der Waals surface area contributed by atoms with Crippen LogP contribution in [0, 0.1) is 6.92 Å². The van der Waals surface area contributed by atoms with Crippen LogP contribution in [0.1, 0.15) is 5.56 Å². The number of anilines is 1. The Hall–Kier alpha value is -2.23. The first-order chi connectivity index (χ1) is 8.19. The Morgan fingerprint density at radius 1 is 1.18 bits per heavy atom. The van der Waals surface area contributed by atoms with E-state index in [0.29, 0.717) is 23.1 Å². The lowest BCUT2D eigenvalue weighted by Crippen LogP contribution is -1.93. The third-order valence-electron chi connectivity index (χ3n) is 2.37. The van der Waals surface area contributed by atoms with Crippen LogP contribution in [0.15, 0.2) is 36.5 Å². The maximum absolute atomic E-state index is 5.71. The lowest BCUT2D eigenvalue weighted by Gasteiger charge is -2.08. The van der Waals surface area contributed by atoms with Gasteiger partial charge in [0.15, 0.2) is 0 Å². The number of benzene rings is 1. The first kappa shape index (κ1) is 11.3. The van der Waals surface area contributed by atoms with Crippen molar-refractivity contribution in [2.45, 2.75) is 6.92 Å². The standard InChI is InChI=1S/C13H14N2O2/c1-9-3-4-10(14)7-12(9)17-13-6-5-11(16-2)8-15-13/h3-8H,14H2,1-2H3. The van der Waals surface area contributed by atoms with Crippen LogP contribution in [0.3, 0.4) is 0 Å². The Bertz CT molecular complexity index is 509. The van der Waals surface area contributed by atoms with Gasteiger partial charge in [0.05, 0.1) is 13.3 Å². The molecule has 0 fully saturated rings. The van der Waals surface area contributed by atoms with Gasteiger partial charge >= 0.3 is 0 Å². The fraction of sp³-hybridized carbons (Fsp3) is 0.154. The van der Waals surface area contributed by atoms with Gasteiger partial charge in [0.2, 0.25) is 5.88 Å². The average Bonchev–Trinajstić information content (AvgIpc) is 2.35. The summed E-state index contributed by atoms with van der Waals surface area (Å²) in [5, 5.41) is 0. The summed E-state index contributed by atoms with van der Waals surface area (Å²) in [4.78, 5) is 4.13. The molecule has 0 saturated heterocycles. The van der Waals surface area contributed by atoms with Crippen LogP contribution in [0.25, 0.3) is 0 Å². The van der Waals surface area contributed by atoms with E-state index in [1.807, 2.05) is 19.1 Å². The summed E-state index contributed by atoms with van der Waals surface area (Å²) in [6.07, 6.45) is 1.61. The lowest BCUT2D eigenvalue weighted by atomic mass is 10.2. The maximum Gasteiger partial charge on any atom is 0.219 e. The van der Waals surface area contributed by atoms with E-state index in [4.69, 9.17) is 15.2 Å². The maximum atomic E-state index is 5.71. The molecule has 0 radical (unpaired) electrons. The molecule has 1 aromatic heterocycles. The molecule has 0 unspecified atom stereocenters. The quantitative estimate of drug-likeness (QED) is 0.824. The zero-order valence-corrected chi connectivity index (χ0v) is 9.81. The molecule has 0 aliphatic heterocycles. The highest BCUT2D eigenvalue weighted by atomic mass is 16.5. The normalized spacial score (nSPS) is 10.0. The number of pyridine rings is 1. The predicted octanol–water partition coefficient (Wildman–Crippen LogP) is 2.77. The molecular weight excluding hydrogens is 216 g/mol. The summed E-state index contributed by atoms with van der Waals surface area (Å²) < 4.78 is 10.7. The van der Waals surface area contributed by atoms with Crippen LogP contribution in [0.5, 0.6) is 17.4 Å². The number of aromatic nitrogens is 1. The second kappa shape index (κ2) is 4.74. The number of methoxy groups -OCH3 is 1. The highest BCUT2D eigenvalue weighted by Gasteiger charge is 2.03. The van der Waals surface area contributed by atoms with Crippen LogP contribution < -0.4 is 15.2 Å². The molecule has 0 spiro atoms. The minimum Gasteiger partial charge on any atom is -0.495 e. The third kappa shape index (κ3) is 2.66. The molecule has 1 aromatic carbocycles. The summed E-state index contributed by atoms with van der Waals surface area (Å²) in [5.74, 6) is 1.92. The Morgan fingerprint density at radius 3 is 2.65 bits per heavy atom. The molecule has 1 heterocycles. The van der Waals surface area contributed by atoms with Crippen LogP contribution in [0.4, 0.5) is 5.69 Å². The fourth-order valence-electron chi connectivity index (χ4n) is 1.39. The number of nitrogens with two attached hydrogens (primary N) is 1. The van der Waals surface area contributed by atoms with Crippen molar-refractivity contribution in [3.05, 3.63) is 42.1 Å². The molecule has 4 heteroatoms. The van der Waals surface area contributed by atoms with Crippen LogP contribution in [0.2, 0.25) is 0 Å². The van der Waals surface area contributed by atoms with E-state index in [0.717, 1.165) is 5.56 Å². The van der Waals surface area contributed by atoms with Crippen molar-refractivity contribution in [1.82, 2.24) is 4.98 Å². The molecule has 0 aliphatic carbocycles. The van der Waals surface area contributed by atoms with Gasteiger partial charge in [-0.1, -0.05) is 6.07 Å². The number of nitrogen functional groups attached to an aromatic ring is 1. The molecule has 88 valence electrons. The molecule has 17 heavy (non-hydrogen) atoms. The summed E-state index contributed by atoms with van der Waals surface area (Å²) in [6.45, 7) is 1.96. The number of hydrogen-bond donors (Lipinski definition) is 1. The van der Waals surface area contributed by atoms with Crippen molar-refractivity contribution in [2.75, 3.05) is 12.8 Å². The molecule has 0 atom stereocenters. The minimum absolute atomic E-state index is 0.513. The Kier molecular flexibility index (Phi) is 3.14. The van der Waals surface area contributed by atoms with E-state index in [2.05, 4.69) is 4.98 Å². The summed E-state index contributed by atoms with van der Waals surface area (Å²) >= 11 is 0. The van der Waals surface area contributed by atoms with Gasteiger partial charge in [-0.3, -0.25) is 0 Å². The van der Waals surface area contributed by atoms with Crippen molar-refractivity contribution in [3.8, 4) is 17.4 Å². The summed E-state index contributed by atoms with van der Waals surface area (Å²) in [7, 11) is 1.60. The van der Waals surface area contributed by atoms with E-state index in [1.54, 1.807) is 31.5 Å². The third-order valence-corrected chi connectivity index (χ3v) is 2.37. The van der Waals surface area contributed by atoms with Gasteiger partial charge < -0.3 is 15.2 Å². The van der Waals surface area contributed by atoms with Gasteiger partial charge in [0.1, 0.15) is 11.5 Å². The zero-order chi connectivity index (χ0) is 12.3. The number of hydrogen-bond acceptors (Lipinski definition) is 4. The molecular formula is C13H14N2O2. The molecule has 0 bridgehead atoms. The molecule has 0 saturated carbocycles. The summed E-state index contributed by atoms with van der Waals surface area (Å²) in [5.41, 5.74) is 7.38. The Morgan fingerprint density at radius 2 is 2.00 bits per heavy atom. The van der Waals surface area contributed by atoms with Crippen LogP contribution >= 0.6 is 0 Å². The fourth-order valence-corrected chi connectivity index (χ4v) is 1.39. The SMILES string of the molecule is COc1ccc(Oc2cc(N)ccc2C)nc1. The van der Waals surface area contributed by atoms with Crippen molar-refractivity contribution >= 4 is 5.69 Å². The van der Waals surface area contributed by atoms with E-state index < -0.39 is 0 Å². The van der Waals surface area contributed by atoms with E-state index >= 15 is 0 Å². The van der Waals surface area contributed by atoms with Gasteiger partial charge in [0.25, 0.3) is 0 Å². The monoisotopic (exact) mass is 230 g/mol. The highest BCUT2D eigenvalue weighted by Crippen LogP contribution is 2.26. The largest absolute Gasteiger partial charge is 0.495 e. The van der Waals surface area contributed by atoms with Crippen LogP contribution in [-0.2, 0) is 0 Å². The van der Waals surface area contributed by atoms with E-state index in [1.165, 1.54) is 0 Å². The topological polar surface area (TPSA) is 57.4 Å². The minimum atomic E-state index is 0.513. The van der Waals surface area contributed by atoms with Gasteiger partial charge in [-0.05, 0) is 24.6 Å². The molecule has 2 aromatic rings. The van der Waals surface area contributed by atoms with Crippen molar-refractivity contribution in [2.24, 2.45) is 0 Å². The highest BCUT2D eigenvalue weighted by molar-refractivity contribution is 5.49. The van der Waals surface area contributed by atoms with Gasteiger partial charge in [-0.25, -0.2) is 4.98 Å². The number of rotatable bonds is 3. The number of aryl methyl sites for hydroxylation is 1. The van der Waals surface area contributed by atoms with Gasteiger partial charge in [-0.2, -0.15) is 0 Å². The van der Waals surface area contributed by atoms with Gasteiger partial charge in [-0.15, -0.1) is 0 Å². The van der Waals surface area contributed by atoms with E-state index in [-0.39, 0.29) is 0 Å².